The molecule has 0 rings (SSSR count). The zero-order chi connectivity index (χ0) is 7.44. The van der Waals surface area contributed by atoms with Crippen LogP contribution < -0.4 is 5.48 Å². The summed E-state index contributed by atoms with van der Waals surface area (Å²) in [5, 5.41) is 8.15. The van der Waals surface area contributed by atoms with Crippen molar-refractivity contribution in [2.24, 2.45) is 5.92 Å². The monoisotopic (exact) mass is 149 g/mol. The molecule has 0 heterocycles. The number of hydroxylamine groups is 1. The first-order chi connectivity index (χ1) is 4.09. The van der Waals surface area contributed by atoms with Crippen LogP contribution in [0.15, 0.2) is 0 Å². The smallest absolute Gasteiger partial charge is 0.246 e. The minimum Gasteiger partial charge on any atom is -0.289 e. The van der Waals surface area contributed by atoms with Gasteiger partial charge < -0.3 is 0 Å². The quantitative estimate of drug-likeness (QED) is 0.339. The van der Waals surface area contributed by atoms with Gasteiger partial charge in [0.25, 0.3) is 0 Å². The van der Waals surface area contributed by atoms with Crippen LogP contribution in [0, 0.1) is 5.92 Å². The van der Waals surface area contributed by atoms with Crippen LogP contribution in [0.5, 0.6) is 0 Å². The number of nitrogens with one attached hydrogen (secondary N) is 1. The van der Waals surface area contributed by atoms with Gasteiger partial charge in [-0.2, -0.15) is 0 Å². The number of hydrogen-bond acceptors (Lipinski definition) is 2. The van der Waals surface area contributed by atoms with Gasteiger partial charge in [-0.05, 0) is 5.66 Å². The number of carbonyl (C=O) groups excluding carboxylic acids is 1. The molecule has 9 heavy (non-hydrogen) atoms. The second-order valence-corrected chi connectivity index (χ2v) is 3.18. The molecule has 1 amide bonds. The summed E-state index contributed by atoms with van der Waals surface area (Å²) in [5.74, 6) is -0.488. The van der Waals surface area contributed by atoms with Crippen LogP contribution in [0.4, 0.5) is 0 Å². The molecule has 2 N–H and O–H groups in total. The summed E-state index contributed by atoms with van der Waals surface area (Å²) in [5.41, 5.74) is 1.79. The van der Waals surface area contributed by atoms with E-state index >= 15 is 0 Å². The molecule has 3 atom stereocenters. The number of carbonyl (C=O) groups is 1. The molecular formula is C5H12NO2P. The van der Waals surface area contributed by atoms with Gasteiger partial charge in [0.2, 0.25) is 5.91 Å². The highest BCUT2D eigenvalue weighted by Crippen LogP contribution is 2.10. The van der Waals surface area contributed by atoms with E-state index in [4.69, 9.17) is 5.21 Å². The normalized spacial score (nSPS) is 16.4. The molecule has 0 radical (unpaired) electrons. The van der Waals surface area contributed by atoms with Crippen LogP contribution >= 0.6 is 9.24 Å². The second-order valence-electron chi connectivity index (χ2n) is 2.12. The van der Waals surface area contributed by atoms with Crippen molar-refractivity contribution in [2.75, 3.05) is 0 Å². The Balaban J connectivity index is 3.72. The topological polar surface area (TPSA) is 49.3 Å². The summed E-state index contributed by atoms with van der Waals surface area (Å²) >= 11 is 0. The van der Waals surface area contributed by atoms with Gasteiger partial charge in [0.05, 0.1) is 0 Å². The Kier molecular flexibility index (Phi) is 3.75. The molecule has 0 bridgehead atoms. The molecule has 0 aliphatic rings. The van der Waals surface area contributed by atoms with Gasteiger partial charge in [0.1, 0.15) is 0 Å². The maximum absolute atomic E-state index is 10.6. The van der Waals surface area contributed by atoms with E-state index in [9.17, 15) is 4.79 Å². The molecular weight excluding hydrogens is 137 g/mol. The summed E-state index contributed by atoms with van der Waals surface area (Å²) in [6, 6.07) is 0. The van der Waals surface area contributed by atoms with E-state index in [-0.39, 0.29) is 17.5 Å². The summed E-state index contributed by atoms with van der Waals surface area (Å²) in [7, 11) is 2.50. The molecule has 0 saturated carbocycles. The van der Waals surface area contributed by atoms with Crippen LogP contribution in [0.2, 0.25) is 0 Å². The highest BCUT2D eigenvalue weighted by atomic mass is 31.0. The van der Waals surface area contributed by atoms with Crippen molar-refractivity contribution in [1.29, 1.82) is 0 Å². The zero-order valence-corrected chi connectivity index (χ0v) is 6.74. The van der Waals surface area contributed by atoms with Crippen molar-refractivity contribution in [1.82, 2.24) is 5.48 Å². The third-order valence-corrected chi connectivity index (χ3v) is 1.89. The van der Waals surface area contributed by atoms with Crippen molar-refractivity contribution < 1.29 is 10.0 Å². The lowest BCUT2D eigenvalue weighted by Gasteiger charge is -2.11. The third kappa shape index (κ3) is 2.78. The fourth-order valence-corrected chi connectivity index (χ4v) is 0.515. The molecule has 4 heteroatoms. The van der Waals surface area contributed by atoms with Crippen molar-refractivity contribution in [3.05, 3.63) is 0 Å². The van der Waals surface area contributed by atoms with Crippen molar-refractivity contribution in [3.8, 4) is 0 Å². The Morgan fingerprint density at radius 1 is 1.67 bits per heavy atom. The van der Waals surface area contributed by atoms with E-state index in [1.165, 1.54) is 0 Å². The molecule has 0 aromatic carbocycles. The Bertz CT molecular complexity index is 105. The van der Waals surface area contributed by atoms with Crippen molar-refractivity contribution in [2.45, 2.75) is 19.5 Å². The van der Waals surface area contributed by atoms with E-state index in [0.29, 0.717) is 0 Å². The fraction of sp³-hybridized carbons (Fsp3) is 0.800. The van der Waals surface area contributed by atoms with E-state index in [1.807, 2.05) is 6.92 Å². The van der Waals surface area contributed by atoms with Gasteiger partial charge >= 0.3 is 0 Å². The first-order valence-corrected chi connectivity index (χ1v) is 3.45. The molecule has 54 valence electrons. The molecule has 0 aliphatic carbocycles. The Hall–Kier alpha value is -0.140. The van der Waals surface area contributed by atoms with Gasteiger partial charge in [-0.1, -0.05) is 13.8 Å². The van der Waals surface area contributed by atoms with Crippen LogP contribution in [-0.2, 0) is 4.79 Å². The lowest BCUT2D eigenvalue weighted by Crippen LogP contribution is -2.30. The minimum absolute atomic E-state index is 0.153. The maximum atomic E-state index is 10.6. The molecule has 2 unspecified atom stereocenters. The van der Waals surface area contributed by atoms with Gasteiger partial charge in [0, 0.05) is 5.92 Å². The van der Waals surface area contributed by atoms with Gasteiger partial charge in [-0.25, -0.2) is 5.48 Å². The third-order valence-electron chi connectivity index (χ3n) is 1.31. The standard InChI is InChI=1S/C5H12NO2P/c1-3(4(2)9)5(7)6-8/h3-4,8H,9H2,1-2H3,(H,6,7)/t3?,4-/m0/s1. The largest absolute Gasteiger partial charge is 0.289 e. The molecule has 3 nitrogen and oxygen atoms in total. The van der Waals surface area contributed by atoms with E-state index in [0.717, 1.165) is 0 Å². The van der Waals surface area contributed by atoms with Crippen LogP contribution in [-0.4, -0.2) is 16.8 Å². The lowest BCUT2D eigenvalue weighted by molar-refractivity contribution is -0.132. The predicted molar refractivity (Wildman–Crippen MR) is 38.3 cm³/mol. The highest BCUT2D eigenvalue weighted by molar-refractivity contribution is 7.17. The molecule has 0 aliphatic heterocycles. The molecule has 0 spiro atoms. The predicted octanol–water partition coefficient (Wildman–Crippen LogP) is 0.392. The minimum atomic E-state index is -0.336. The Morgan fingerprint density at radius 3 is 2.22 bits per heavy atom. The number of amides is 1. The number of hydrogen-bond donors (Lipinski definition) is 2. The SMILES string of the molecule is CC(C(=O)NO)[C@H](C)P. The van der Waals surface area contributed by atoms with Gasteiger partial charge in [0.15, 0.2) is 0 Å². The molecule has 0 aromatic heterocycles. The molecule has 0 fully saturated rings. The van der Waals surface area contributed by atoms with E-state index < -0.39 is 0 Å². The Morgan fingerprint density at radius 2 is 2.11 bits per heavy atom. The van der Waals surface area contributed by atoms with Gasteiger partial charge in [-0.3, -0.25) is 10.0 Å². The van der Waals surface area contributed by atoms with Crippen LogP contribution in [0.25, 0.3) is 0 Å². The van der Waals surface area contributed by atoms with Gasteiger partial charge in [-0.15, -0.1) is 9.24 Å². The van der Waals surface area contributed by atoms with Crippen molar-refractivity contribution >= 4 is 15.1 Å². The fourth-order valence-electron chi connectivity index (χ4n) is 0.341. The average molecular weight is 149 g/mol. The van der Waals surface area contributed by atoms with Crippen LogP contribution in [0.1, 0.15) is 13.8 Å². The highest BCUT2D eigenvalue weighted by Gasteiger charge is 2.14. The molecule has 0 aromatic rings. The summed E-state index contributed by atoms with van der Waals surface area (Å²) in [4.78, 5) is 10.6. The first kappa shape index (κ1) is 8.86. The lowest BCUT2D eigenvalue weighted by atomic mass is 10.1. The average Bonchev–Trinajstić information content (AvgIpc) is 1.84. The summed E-state index contributed by atoms with van der Waals surface area (Å²) in [6.45, 7) is 3.65. The summed E-state index contributed by atoms with van der Waals surface area (Å²) < 4.78 is 0. The second kappa shape index (κ2) is 3.80. The first-order valence-electron chi connectivity index (χ1n) is 2.79. The zero-order valence-electron chi connectivity index (χ0n) is 5.59. The van der Waals surface area contributed by atoms with E-state index in [1.54, 1.807) is 12.4 Å². The van der Waals surface area contributed by atoms with Crippen LogP contribution in [0.3, 0.4) is 0 Å². The summed E-state index contributed by atoms with van der Waals surface area (Å²) in [6.07, 6.45) is 0. The van der Waals surface area contributed by atoms with Crippen molar-refractivity contribution in [3.63, 3.8) is 0 Å². The maximum Gasteiger partial charge on any atom is 0.246 e. The Labute approximate surface area is 57.0 Å². The number of rotatable bonds is 2. The molecule has 0 saturated heterocycles. The van der Waals surface area contributed by atoms with E-state index in [2.05, 4.69) is 9.24 Å².